The minimum absolute atomic E-state index is 0.118. The van der Waals surface area contributed by atoms with Gasteiger partial charge < -0.3 is 15.0 Å². The van der Waals surface area contributed by atoms with Crippen molar-refractivity contribution in [1.29, 1.82) is 0 Å². The highest BCUT2D eigenvalue weighted by atomic mass is 16.5. The number of carbonyl (C=O) groups is 3. The molecule has 6 nitrogen and oxygen atoms in total. The molecule has 0 unspecified atom stereocenters. The number of nitrogens with zero attached hydrogens (tertiary/aromatic N) is 1. The average molecular weight is 555 g/mol. The molecule has 216 valence electrons. The van der Waals surface area contributed by atoms with E-state index in [0.717, 1.165) is 64.3 Å². The highest BCUT2D eigenvalue weighted by molar-refractivity contribution is 6.06. The SMILES string of the molecule is CCN1C2=C(C(=O)CC(C)(C)C2)C(c2ccc(OCC(=O)Nc3cc(C)ccc3C)cc2)C2=C1CC(C)(C)CC2=O. The fraction of sp³-hybridized carbons (Fsp3) is 0.457. The van der Waals surface area contributed by atoms with Gasteiger partial charge in [-0.15, -0.1) is 0 Å². The Morgan fingerprint density at radius 2 is 1.44 bits per heavy atom. The molecule has 1 N–H and O–H groups in total. The number of allylic oxidation sites excluding steroid dienone is 4. The fourth-order valence-electron chi connectivity index (χ4n) is 6.72. The molecule has 0 saturated heterocycles. The van der Waals surface area contributed by atoms with Crippen LogP contribution < -0.4 is 10.1 Å². The molecule has 0 spiro atoms. The van der Waals surface area contributed by atoms with Crippen LogP contribution in [0.5, 0.6) is 5.75 Å². The fourth-order valence-corrected chi connectivity index (χ4v) is 6.72. The van der Waals surface area contributed by atoms with Gasteiger partial charge in [-0.3, -0.25) is 14.4 Å². The van der Waals surface area contributed by atoms with E-state index in [-0.39, 0.29) is 40.8 Å². The first-order valence-corrected chi connectivity index (χ1v) is 14.7. The van der Waals surface area contributed by atoms with Gasteiger partial charge >= 0.3 is 0 Å². The highest BCUT2D eigenvalue weighted by Gasteiger charge is 2.48. The third-order valence-electron chi connectivity index (χ3n) is 8.59. The molecule has 2 aromatic carbocycles. The van der Waals surface area contributed by atoms with Crippen molar-refractivity contribution in [3.8, 4) is 5.75 Å². The summed E-state index contributed by atoms with van der Waals surface area (Å²) in [6, 6.07) is 13.5. The van der Waals surface area contributed by atoms with Gasteiger partial charge in [-0.05, 0) is 79.3 Å². The van der Waals surface area contributed by atoms with E-state index < -0.39 is 0 Å². The summed E-state index contributed by atoms with van der Waals surface area (Å²) in [5.41, 5.74) is 7.20. The summed E-state index contributed by atoms with van der Waals surface area (Å²) in [5.74, 6) is 0.216. The predicted molar refractivity (Wildman–Crippen MR) is 162 cm³/mol. The number of Topliss-reactive ketones (excluding diaryl/α,β-unsaturated/α-hetero) is 2. The first kappa shape index (κ1) is 28.8. The lowest BCUT2D eigenvalue weighted by Crippen LogP contribution is -2.44. The Morgan fingerprint density at radius 1 is 0.878 bits per heavy atom. The normalized spacial score (nSPS) is 20.1. The van der Waals surface area contributed by atoms with Crippen LogP contribution in [0.2, 0.25) is 0 Å². The Balaban J connectivity index is 1.44. The summed E-state index contributed by atoms with van der Waals surface area (Å²) in [4.78, 5) is 42.4. The molecule has 0 radical (unpaired) electrons. The van der Waals surface area contributed by atoms with E-state index in [2.05, 4.69) is 44.8 Å². The van der Waals surface area contributed by atoms with Gasteiger partial charge in [0.15, 0.2) is 18.2 Å². The second-order valence-corrected chi connectivity index (χ2v) is 13.5. The maximum atomic E-state index is 13.7. The Morgan fingerprint density at radius 3 is 1.98 bits per heavy atom. The molecule has 41 heavy (non-hydrogen) atoms. The van der Waals surface area contributed by atoms with Crippen LogP contribution in [-0.2, 0) is 14.4 Å². The van der Waals surface area contributed by atoms with E-state index in [1.165, 1.54) is 0 Å². The lowest BCUT2D eigenvalue weighted by Gasteiger charge is -2.48. The van der Waals surface area contributed by atoms with Gasteiger partial charge in [-0.1, -0.05) is 52.0 Å². The lowest BCUT2D eigenvalue weighted by atomic mass is 9.63. The van der Waals surface area contributed by atoms with Crippen molar-refractivity contribution in [3.63, 3.8) is 0 Å². The van der Waals surface area contributed by atoms with Gasteiger partial charge in [-0.2, -0.15) is 0 Å². The first-order chi connectivity index (χ1) is 19.3. The van der Waals surface area contributed by atoms with E-state index in [1.54, 1.807) is 0 Å². The number of hydrogen-bond donors (Lipinski definition) is 1. The van der Waals surface area contributed by atoms with E-state index in [4.69, 9.17) is 4.74 Å². The zero-order valence-corrected chi connectivity index (χ0v) is 25.4. The smallest absolute Gasteiger partial charge is 0.262 e. The van der Waals surface area contributed by atoms with Gasteiger partial charge in [0.05, 0.1) is 0 Å². The summed E-state index contributed by atoms with van der Waals surface area (Å²) in [6.07, 6.45) is 2.55. The first-order valence-electron chi connectivity index (χ1n) is 14.7. The average Bonchev–Trinajstić information content (AvgIpc) is 2.87. The monoisotopic (exact) mass is 554 g/mol. The van der Waals surface area contributed by atoms with Crippen LogP contribution in [0.25, 0.3) is 0 Å². The summed E-state index contributed by atoms with van der Waals surface area (Å²) in [7, 11) is 0. The number of rotatable bonds is 6. The number of hydrogen-bond acceptors (Lipinski definition) is 5. The number of nitrogens with one attached hydrogen (secondary N) is 1. The quantitative estimate of drug-likeness (QED) is 0.415. The Bertz CT molecular complexity index is 1420. The molecule has 2 aliphatic carbocycles. The number of carbonyl (C=O) groups excluding carboxylic acids is 3. The molecule has 0 fully saturated rings. The molecule has 6 heteroatoms. The number of aryl methyl sites for hydroxylation is 2. The van der Waals surface area contributed by atoms with E-state index in [9.17, 15) is 14.4 Å². The van der Waals surface area contributed by atoms with Gasteiger partial charge in [0.1, 0.15) is 5.75 Å². The number of benzene rings is 2. The minimum atomic E-state index is -0.378. The minimum Gasteiger partial charge on any atom is -0.484 e. The molecule has 2 aromatic rings. The van der Waals surface area contributed by atoms with E-state index in [1.807, 2.05) is 56.3 Å². The molecule has 1 heterocycles. The van der Waals surface area contributed by atoms with Crippen LogP contribution in [0, 0.1) is 24.7 Å². The zero-order chi connectivity index (χ0) is 29.7. The Hall–Kier alpha value is -3.67. The predicted octanol–water partition coefficient (Wildman–Crippen LogP) is 7.03. The Labute approximate surface area is 243 Å². The molecule has 0 saturated carbocycles. The van der Waals surface area contributed by atoms with Crippen LogP contribution in [0.3, 0.4) is 0 Å². The summed E-state index contributed by atoms with van der Waals surface area (Å²) in [6.45, 7) is 15.3. The number of ketones is 2. The molecular weight excluding hydrogens is 512 g/mol. The van der Waals surface area contributed by atoms with Crippen molar-refractivity contribution in [2.75, 3.05) is 18.5 Å². The van der Waals surface area contributed by atoms with E-state index in [0.29, 0.717) is 18.6 Å². The van der Waals surface area contributed by atoms with Crippen LogP contribution >= 0.6 is 0 Å². The summed E-state index contributed by atoms with van der Waals surface area (Å²) in [5, 5.41) is 2.92. The largest absolute Gasteiger partial charge is 0.484 e. The Kier molecular flexibility index (Phi) is 7.47. The molecule has 5 rings (SSSR count). The number of ether oxygens (including phenoxy) is 1. The molecular formula is C35H42N2O4. The molecule has 0 atom stereocenters. The van der Waals surface area contributed by atoms with Gasteiger partial charge in [0, 0.05) is 53.5 Å². The zero-order valence-electron chi connectivity index (χ0n) is 25.4. The van der Waals surface area contributed by atoms with Crippen LogP contribution in [0.4, 0.5) is 5.69 Å². The topological polar surface area (TPSA) is 75.7 Å². The van der Waals surface area contributed by atoms with Crippen LogP contribution in [0.15, 0.2) is 65.0 Å². The molecule has 0 bridgehead atoms. The third kappa shape index (κ3) is 5.74. The summed E-state index contributed by atoms with van der Waals surface area (Å²) >= 11 is 0. The maximum Gasteiger partial charge on any atom is 0.262 e. The molecule has 0 aromatic heterocycles. The second kappa shape index (κ2) is 10.6. The van der Waals surface area contributed by atoms with Gasteiger partial charge in [0.2, 0.25) is 0 Å². The van der Waals surface area contributed by atoms with Gasteiger partial charge in [-0.25, -0.2) is 0 Å². The molecule has 3 aliphatic rings. The molecule has 1 amide bonds. The van der Waals surface area contributed by atoms with Crippen molar-refractivity contribution >= 4 is 23.2 Å². The number of anilines is 1. The maximum absolute atomic E-state index is 13.7. The highest BCUT2D eigenvalue weighted by Crippen LogP contribution is 2.54. The van der Waals surface area contributed by atoms with Crippen LogP contribution in [0.1, 0.15) is 82.9 Å². The van der Waals surface area contributed by atoms with Crippen molar-refractivity contribution in [1.82, 2.24) is 4.90 Å². The van der Waals surface area contributed by atoms with Crippen molar-refractivity contribution in [3.05, 3.63) is 81.7 Å². The lowest BCUT2D eigenvalue weighted by molar-refractivity contribution is -0.120. The third-order valence-corrected chi connectivity index (χ3v) is 8.59. The second-order valence-electron chi connectivity index (χ2n) is 13.5. The number of amides is 1. The van der Waals surface area contributed by atoms with Crippen molar-refractivity contribution < 1.29 is 19.1 Å². The van der Waals surface area contributed by atoms with E-state index >= 15 is 0 Å². The van der Waals surface area contributed by atoms with Gasteiger partial charge in [0.25, 0.3) is 5.91 Å². The van der Waals surface area contributed by atoms with Crippen LogP contribution in [-0.4, -0.2) is 35.5 Å². The standard InChI is InChI=1S/C35H42N2O4/c1-8-37-26-16-34(4,5)18-28(38)32(26)31(33-27(37)17-35(6,7)19-29(33)39)23-11-13-24(14-12-23)41-20-30(40)36-25-15-21(2)9-10-22(25)3/h9-15,31H,8,16-20H2,1-7H3,(H,36,40). The van der Waals surface area contributed by atoms with Crippen molar-refractivity contribution in [2.24, 2.45) is 10.8 Å². The molecule has 1 aliphatic heterocycles. The van der Waals surface area contributed by atoms with Crippen molar-refractivity contribution in [2.45, 2.75) is 80.1 Å². The summed E-state index contributed by atoms with van der Waals surface area (Å²) < 4.78 is 5.82.